The smallest absolute Gasteiger partial charge is 0.212 e. The Labute approximate surface area is 82.2 Å². The van der Waals surface area contributed by atoms with Gasteiger partial charge < -0.3 is 4.74 Å². The molecule has 0 saturated heterocycles. The summed E-state index contributed by atoms with van der Waals surface area (Å²) in [4.78, 5) is 11.8. The lowest BCUT2D eigenvalue weighted by atomic mass is 10.1. The lowest BCUT2D eigenvalue weighted by molar-refractivity contribution is 0.102. The van der Waals surface area contributed by atoms with Crippen LogP contribution in [0.1, 0.15) is 22.6 Å². The summed E-state index contributed by atoms with van der Waals surface area (Å²) in [6.45, 7) is 2.52. The molecule has 0 radical (unpaired) electrons. The Morgan fingerprint density at radius 1 is 1.64 bits per heavy atom. The van der Waals surface area contributed by atoms with Crippen molar-refractivity contribution in [3.05, 3.63) is 29.3 Å². The van der Waals surface area contributed by atoms with Crippen LogP contribution in [0.25, 0.3) is 0 Å². The van der Waals surface area contributed by atoms with Crippen LogP contribution in [0, 0.1) is 6.92 Å². The number of carbonyl (C=O) groups excluding carboxylic acids is 1. The summed E-state index contributed by atoms with van der Waals surface area (Å²) in [5.74, 6) is -0.0220. The molecule has 0 aromatic carbocycles. The Morgan fingerprint density at radius 3 is 2.93 bits per heavy atom. The predicted octanol–water partition coefficient (Wildman–Crippen LogP) is 1.22. The van der Waals surface area contributed by atoms with Crippen molar-refractivity contribution >= 4 is 5.78 Å². The van der Waals surface area contributed by atoms with Gasteiger partial charge in [0.15, 0.2) is 0 Å². The molecule has 1 aromatic rings. The predicted molar refractivity (Wildman–Crippen MR) is 50.9 cm³/mol. The number of hydrogen-bond donors (Lipinski definition) is 0. The van der Waals surface area contributed by atoms with Crippen LogP contribution < -0.4 is 0 Å². The highest BCUT2D eigenvalue weighted by Crippen LogP contribution is 2.16. The SMILES string of the molecule is Cc1cc(C(=O)C2=COCC2)nn1C. The molecule has 0 N–H and O–H groups in total. The highest BCUT2D eigenvalue weighted by Gasteiger charge is 2.19. The zero-order chi connectivity index (χ0) is 10.1. The molecule has 14 heavy (non-hydrogen) atoms. The molecule has 0 atom stereocenters. The number of ketones is 1. The summed E-state index contributed by atoms with van der Waals surface area (Å²) < 4.78 is 6.72. The minimum Gasteiger partial charge on any atom is -0.500 e. The van der Waals surface area contributed by atoms with Gasteiger partial charge in [0.2, 0.25) is 5.78 Å². The summed E-state index contributed by atoms with van der Waals surface area (Å²) >= 11 is 0. The number of rotatable bonds is 2. The molecule has 0 fully saturated rings. The number of carbonyl (C=O) groups is 1. The molecule has 1 aromatic heterocycles. The van der Waals surface area contributed by atoms with E-state index in [4.69, 9.17) is 4.74 Å². The van der Waals surface area contributed by atoms with Gasteiger partial charge >= 0.3 is 0 Å². The van der Waals surface area contributed by atoms with Crippen LogP contribution in [-0.4, -0.2) is 22.2 Å². The third-order valence-corrected chi connectivity index (χ3v) is 2.35. The standard InChI is InChI=1S/C10H12N2O2/c1-7-5-9(11-12(7)2)10(13)8-3-4-14-6-8/h5-6H,3-4H2,1-2H3. The Hall–Kier alpha value is -1.58. The van der Waals surface area contributed by atoms with Gasteiger partial charge in [0.25, 0.3) is 0 Å². The second-order valence-corrected chi connectivity index (χ2v) is 3.39. The van der Waals surface area contributed by atoms with Crippen molar-refractivity contribution in [1.82, 2.24) is 9.78 Å². The van der Waals surface area contributed by atoms with Gasteiger partial charge in [0, 0.05) is 24.7 Å². The van der Waals surface area contributed by atoms with Crippen molar-refractivity contribution in [2.45, 2.75) is 13.3 Å². The largest absolute Gasteiger partial charge is 0.500 e. The summed E-state index contributed by atoms with van der Waals surface area (Å²) in [5.41, 5.74) is 2.19. The van der Waals surface area contributed by atoms with Gasteiger partial charge in [-0.3, -0.25) is 9.48 Å². The molecule has 2 rings (SSSR count). The molecule has 74 valence electrons. The van der Waals surface area contributed by atoms with Gasteiger partial charge in [0.05, 0.1) is 12.9 Å². The van der Waals surface area contributed by atoms with Crippen molar-refractivity contribution in [2.75, 3.05) is 6.61 Å². The van der Waals surface area contributed by atoms with Crippen molar-refractivity contribution in [3.8, 4) is 0 Å². The molecule has 0 amide bonds. The van der Waals surface area contributed by atoms with Gasteiger partial charge in [-0.2, -0.15) is 5.10 Å². The van der Waals surface area contributed by atoms with Crippen LogP contribution in [0.2, 0.25) is 0 Å². The van der Waals surface area contributed by atoms with Crippen molar-refractivity contribution < 1.29 is 9.53 Å². The van der Waals surface area contributed by atoms with E-state index in [-0.39, 0.29) is 5.78 Å². The quantitative estimate of drug-likeness (QED) is 0.662. The van der Waals surface area contributed by atoms with Crippen LogP contribution in [0.5, 0.6) is 0 Å². The van der Waals surface area contributed by atoms with Gasteiger partial charge in [0.1, 0.15) is 5.69 Å². The van der Waals surface area contributed by atoms with Crippen LogP contribution in [-0.2, 0) is 11.8 Å². The topological polar surface area (TPSA) is 44.1 Å². The second-order valence-electron chi connectivity index (χ2n) is 3.39. The maximum absolute atomic E-state index is 11.8. The average Bonchev–Trinajstić information content (AvgIpc) is 2.76. The fourth-order valence-corrected chi connectivity index (χ4v) is 1.39. The van der Waals surface area contributed by atoms with Crippen molar-refractivity contribution in [2.24, 2.45) is 7.05 Å². The Bertz CT molecular complexity index is 385. The van der Waals surface area contributed by atoms with Crippen LogP contribution in [0.15, 0.2) is 17.9 Å². The van der Waals surface area contributed by atoms with E-state index < -0.39 is 0 Å². The lowest BCUT2D eigenvalue weighted by Crippen LogP contribution is -2.04. The van der Waals surface area contributed by atoms with Gasteiger partial charge in [-0.1, -0.05) is 0 Å². The molecular weight excluding hydrogens is 180 g/mol. The fourth-order valence-electron chi connectivity index (χ4n) is 1.39. The molecule has 0 saturated carbocycles. The summed E-state index contributed by atoms with van der Waals surface area (Å²) in [7, 11) is 1.83. The van der Waals surface area contributed by atoms with E-state index in [1.54, 1.807) is 10.7 Å². The monoisotopic (exact) mass is 192 g/mol. The molecule has 0 bridgehead atoms. The first-order valence-corrected chi connectivity index (χ1v) is 4.54. The van der Waals surface area contributed by atoms with E-state index in [1.165, 1.54) is 6.26 Å². The maximum atomic E-state index is 11.8. The third-order valence-electron chi connectivity index (χ3n) is 2.35. The molecular formula is C10H12N2O2. The summed E-state index contributed by atoms with van der Waals surface area (Å²) in [6.07, 6.45) is 2.22. The average molecular weight is 192 g/mol. The first kappa shape index (κ1) is 8.99. The summed E-state index contributed by atoms with van der Waals surface area (Å²) in [5, 5.41) is 4.13. The Kier molecular flexibility index (Phi) is 2.11. The second kappa shape index (κ2) is 3.29. The molecule has 0 aliphatic carbocycles. The normalized spacial score (nSPS) is 15.1. The minimum absolute atomic E-state index is 0.0220. The Morgan fingerprint density at radius 2 is 2.43 bits per heavy atom. The first-order chi connectivity index (χ1) is 6.68. The van der Waals surface area contributed by atoms with Gasteiger partial charge in [-0.05, 0) is 13.0 Å². The lowest BCUT2D eigenvalue weighted by Gasteiger charge is -1.93. The molecule has 2 heterocycles. The number of Topliss-reactive ketones (excluding diaryl/α,β-unsaturated/α-hetero) is 1. The van der Waals surface area contributed by atoms with E-state index in [1.807, 2.05) is 14.0 Å². The highest BCUT2D eigenvalue weighted by molar-refractivity contribution is 6.07. The molecule has 4 nitrogen and oxygen atoms in total. The van der Waals surface area contributed by atoms with Gasteiger partial charge in [-0.25, -0.2) is 0 Å². The van der Waals surface area contributed by atoms with E-state index in [9.17, 15) is 4.79 Å². The van der Waals surface area contributed by atoms with Crippen LogP contribution in [0.3, 0.4) is 0 Å². The van der Waals surface area contributed by atoms with Gasteiger partial charge in [-0.15, -0.1) is 0 Å². The van der Waals surface area contributed by atoms with E-state index in [0.717, 1.165) is 5.69 Å². The fraction of sp³-hybridized carbons (Fsp3) is 0.400. The van der Waals surface area contributed by atoms with E-state index in [2.05, 4.69) is 5.10 Å². The number of aryl methyl sites for hydroxylation is 2. The van der Waals surface area contributed by atoms with Crippen LogP contribution in [0.4, 0.5) is 0 Å². The maximum Gasteiger partial charge on any atom is 0.212 e. The Balaban J connectivity index is 2.26. The van der Waals surface area contributed by atoms with Crippen LogP contribution >= 0.6 is 0 Å². The van der Waals surface area contributed by atoms with Crippen molar-refractivity contribution in [1.29, 1.82) is 0 Å². The summed E-state index contributed by atoms with van der Waals surface area (Å²) in [6, 6.07) is 1.79. The number of aromatic nitrogens is 2. The zero-order valence-electron chi connectivity index (χ0n) is 8.28. The zero-order valence-corrected chi connectivity index (χ0v) is 8.28. The first-order valence-electron chi connectivity index (χ1n) is 4.54. The molecule has 0 unspecified atom stereocenters. The molecule has 1 aliphatic rings. The number of nitrogens with zero attached hydrogens (tertiary/aromatic N) is 2. The highest BCUT2D eigenvalue weighted by atomic mass is 16.5. The third kappa shape index (κ3) is 1.43. The molecule has 4 heteroatoms. The number of hydrogen-bond acceptors (Lipinski definition) is 3. The molecule has 0 spiro atoms. The minimum atomic E-state index is -0.0220. The molecule has 1 aliphatic heterocycles. The number of ether oxygens (including phenoxy) is 1. The van der Waals surface area contributed by atoms with E-state index in [0.29, 0.717) is 24.3 Å². The van der Waals surface area contributed by atoms with E-state index >= 15 is 0 Å². The van der Waals surface area contributed by atoms with Crippen molar-refractivity contribution in [3.63, 3.8) is 0 Å².